The van der Waals surface area contributed by atoms with Crippen LogP contribution in [0.1, 0.15) is 27.7 Å². The normalized spacial score (nSPS) is 10.8. The molecule has 0 radical (unpaired) electrons. The van der Waals surface area contributed by atoms with Gasteiger partial charge in [-0.25, -0.2) is 14.8 Å². The molecule has 1 amide bonds. The molecule has 0 aliphatic heterocycles. The standard InChI is InChI=1S/C21H20N6O4S/c1-11-17(20(29)30-3)32-21(24-11)26-16(28)7-9-23-19-15-10-14(18-25-12(2)31-27-18)5-4-13(15)6-8-22-19/h4-6,8,10H,7,9H2,1-3H3,(H,22,23)(H,24,26,28). The van der Waals surface area contributed by atoms with E-state index in [1.807, 2.05) is 24.3 Å². The maximum absolute atomic E-state index is 12.3. The summed E-state index contributed by atoms with van der Waals surface area (Å²) in [4.78, 5) is 37.2. The molecule has 0 fully saturated rings. The Morgan fingerprint density at radius 3 is 2.78 bits per heavy atom. The number of hydrogen-bond donors (Lipinski definition) is 2. The molecule has 164 valence electrons. The quantitative estimate of drug-likeness (QED) is 0.404. The number of nitrogens with zero attached hydrogens (tertiary/aromatic N) is 4. The number of aromatic nitrogens is 4. The van der Waals surface area contributed by atoms with E-state index < -0.39 is 5.97 Å². The van der Waals surface area contributed by atoms with E-state index in [0.29, 0.717) is 39.8 Å². The van der Waals surface area contributed by atoms with Gasteiger partial charge in [0.2, 0.25) is 17.6 Å². The zero-order valence-electron chi connectivity index (χ0n) is 17.6. The van der Waals surface area contributed by atoms with E-state index in [2.05, 4.69) is 30.7 Å². The van der Waals surface area contributed by atoms with E-state index in [4.69, 9.17) is 9.26 Å². The number of carbonyl (C=O) groups excluding carboxylic acids is 2. The molecule has 0 spiro atoms. The predicted octanol–water partition coefficient (Wildman–Crippen LogP) is 3.59. The summed E-state index contributed by atoms with van der Waals surface area (Å²) in [6.07, 6.45) is 1.89. The Bertz CT molecular complexity index is 1300. The van der Waals surface area contributed by atoms with Crippen LogP contribution in [0.4, 0.5) is 10.9 Å². The first-order valence-electron chi connectivity index (χ1n) is 9.73. The predicted molar refractivity (Wildman–Crippen MR) is 120 cm³/mol. The molecule has 4 aromatic rings. The smallest absolute Gasteiger partial charge is 0.350 e. The summed E-state index contributed by atoms with van der Waals surface area (Å²) in [5.74, 6) is 0.939. The topological polar surface area (TPSA) is 132 Å². The average Bonchev–Trinajstić information content (AvgIpc) is 3.38. The summed E-state index contributed by atoms with van der Waals surface area (Å²) in [5, 5.41) is 12.1. The minimum Gasteiger partial charge on any atom is -0.465 e. The summed E-state index contributed by atoms with van der Waals surface area (Å²) in [6.45, 7) is 3.79. The van der Waals surface area contributed by atoms with Crippen molar-refractivity contribution in [1.29, 1.82) is 0 Å². The zero-order valence-corrected chi connectivity index (χ0v) is 18.4. The Kier molecular flexibility index (Phi) is 6.08. The number of rotatable bonds is 7. The van der Waals surface area contributed by atoms with Gasteiger partial charge in [0.25, 0.3) is 0 Å². The first kappa shape index (κ1) is 21.4. The van der Waals surface area contributed by atoms with Gasteiger partial charge in [-0.3, -0.25) is 4.79 Å². The Morgan fingerprint density at radius 2 is 2.03 bits per heavy atom. The number of esters is 1. The number of amides is 1. The number of fused-ring (bicyclic) bond motifs is 1. The molecule has 0 aliphatic carbocycles. The molecule has 10 nitrogen and oxygen atoms in total. The van der Waals surface area contributed by atoms with E-state index in [0.717, 1.165) is 27.7 Å². The van der Waals surface area contributed by atoms with Crippen molar-refractivity contribution in [2.45, 2.75) is 20.3 Å². The summed E-state index contributed by atoms with van der Waals surface area (Å²) >= 11 is 1.08. The third kappa shape index (κ3) is 4.57. The van der Waals surface area contributed by atoms with Crippen molar-refractivity contribution in [1.82, 2.24) is 20.1 Å². The monoisotopic (exact) mass is 452 g/mol. The van der Waals surface area contributed by atoms with E-state index in [-0.39, 0.29) is 12.3 Å². The third-order valence-corrected chi connectivity index (χ3v) is 5.66. The molecule has 3 heterocycles. The van der Waals surface area contributed by atoms with Crippen LogP contribution in [0.15, 0.2) is 35.0 Å². The second-order valence-electron chi connectivity index (χ2n) is 6.88. The van der Waals surface area contributed by atoms with E-state index >= 15 is 0 Å². The van der Waals surface area contributed by atoms with E-state index in [9.17, 15) is 9.59 Å². The molecule has 32 heavy (non-hydrogen) atoms. The van der Waals surface area contributed by atoms with Gasteiger partial charge >= 0.3 is 5.97 Å². The fraction of sp³-hybridized carbons (Fsp3) is 0.238. The molecule has 0 atom stereocenters. The number of ether oxygens (including phenoxy) is 1. The van der Waals surface area contributed by atoms with Gasteiger partial charge in [-0.05, 0) is 24.4 Å². The van der Waals surface area contributed by atoms with E-state index in [1.165, 1.54) is 7.11 Å². The summed E-state index contributed by atoms with van der Waals surface area (Å²) in [5.41, 5.74) is 1.33. The van der Waals surface area contributed by atoms with Crippen molar-refractivity contribution in [3.05, 3.63) is 46.9 Å². The number of hydrogen-bond acceptors (Lipinski definition) is 10. The van der Waals surface area contributed by atoms with Crippen LogP contribution < -0.4 is 10.6 Å². The summed E-state index contributed by atoms with van der Waals surface area (Å²) in [7, 11) is 1.30. The Labute approximate surface area is 187 Å². The second-order valence-corrected chi connectivity index (χ2v) is 7.88. The number of nitrogens with one attached hydrogen (secondary N) is 2. The van der Waals surface area contributed by atoms with Gasteiger partial charge in [-0.1, -0.05) is 28.6 Å². The summed E-state index contributed by atoms with van der Waals surface area (Å²) in [6, 6.07) is 7.71. The Balaban J connectivity index is 1.42. The molecular formula is C21H20N6O4S. The minimum atomic E-state index is -0.473. The Morgan fingerprint density at radius 1 is 1.19 bits per heavy atom. The van der Waals surface area contributed by atoms with E-state index in [1.54, 1.807) is 20.0 Å². The Hall–Kier alpha value is -3.86. The van der Waals surface area contributed by atoms with Crippen LogP contribution >= 0.6 is 11.3 Å². The van der Waals surface area contributed by atoms with Gasteiger partial charge in [0.1, 0.15) is 10.7 Å². The fourth-order valence-corrected chi connectivity index (χ4v) is 3.97. The molecule has 2 N–H and O–H groups in total. The second kappa shape index (κ2) is 9.10. The van der Waals surface area contributed by atoms with Crippen molar-refractivity contribution in [2.24, 2.45) is 0 Å². The zero-order chi connectivity index (χ0) is 22.7. The molecule has 3 aromatic heterocycles. The maximum Gasteiger partial charge on any atom is 0.350 e. The van der Waals surface area contributed by atoms with Crippen molar-refractivity contribution in [3.63, 3.8) is 0 Å². The van der Waals surface area contributed by atoms with Gasteiger partial charge < -0.3 is 19.9 Å². The highest BCUT2D eigenvalue weighted by Gasteiger charge is 2.17. The van der Waals surface area contributed by atoms with Crippen molar-refractivity contribution in [2.75, 3.05) is 24.3 Å². The largest absolute Gasteiger partial charge is 0.465 e. The lowest BCUT2D eigenvalue weighted by atomic mass is 10.1. The number of thiazole rings is 1. The van der Waals surface area contributed by atoms with Gasteiger partial charge in [-0.15, -0.1) is 0 Å². The van der Waals surface area contributed by atoms with Gasteiger partial charge in [-0.2, -0.15) is 4.98 Å². The number of pyridine rings is 1. The molecule has 0 saturated heterocycles. The highest BCUT2D eigenvalue weighted by Crippen LogP contribution is 2.27. The van der Waals surface area contributed by atoms with Crippen LogP contribution in [-0.4, -0.2) is 45.6 Å². The molecule has 11 heteroatoms. The highest BCUT2D eigenvalue weighted by molar-refractivity contribution is 7.17. The van der Waals surface area contributed by atoms with Crippen molar-refractivity contribution >= 4 is 44.9 Å². The first-order valence-corrected chi connectivity index (χ1v) is 10.5. The van der Waals surface area contributed by atoms with Crippen LogP contribution in [0.25, 0.3) is 22.2 Å². The van der Waals surface area contributed by atoms with Crippen LogP contribution in [0.5, 0.6) is 0 Å². The van der Waals surface area contributed by atoms with Gasteiger partial charge in [0, 0.05) is 37.0 Å². The SMILES string of the molecule is COC(=O)c1sc(NC(=O)CCNc2nccc3ccc(-c4noc(C)n4)cc23)nc1C. The molecule has 1 aromatic carbocycles. The van der Waals surface area contributed by atoms with Crippen LogP contribution in [0, 0.1) is 13.8 Å². The summed E-state index contributed by atoms with van der Waals surface area (Å²) < 4.78 is 9.77. The van der Waals surface area contributed by atoms with Gasteiger partial charge in [0.05, 0.1) is 12.8 Å². The number of anilines is 2. The number of aryl methyl sites for hydroxylation is 2. The maximum atomic E-state index is 12.3. The van der Waals surface area contributed by atoms with Crippen LogP contribution in [0.3, 0.4) is 0 Å². The van der Waals surface area contributed by atoms with Crippen LogP contribution in [0.2, 0.25) is 0 Å². The molecule has 0 bridgehead atoms. The first-order chi connectivity index (χ1) is 15.4. The fourth-order valence-electron chi connectivity index (χ4n) is 3.07. The molecule has 0 aliphatic rings. The lowest BCUT2D eigenvalue weighted by Crippen LogP contribution is -2.16. The lowest BCUT2D eigenvalue weighted by molar-refractivity contribution is -0.115. The lowest BCUT2D eigenvalue weighted by Gasteiger charge is -2.09. The average molecular weight is 452 g/mol. The minimum absolute atomic E-state index is 0.188. The van der Waals surface area contributed by atoms with Crippen molar-refractivity contribution in [3.8, 4) is 11.4 Å². The number of methoxy groups -OCH3 is 1. The molecule has 4 rings (SSSR count). The number of carbonyl (C=O) groups is 2. The number of benzene rings is 1. The molecular weight excluding hydrogens is 432 g/mol. The third-order valence-electron chi connectivity index (χ3n) is 4.61. The molecule has 0 saturated carbocycles. The highest BCUT2D eigenvalue weighted by atomic mass is 32.1. The van der Waals surface area contributed by atoms with Gasteiger partial charge in [0.15, 0.2) is 5.13 Å². The van der Waals surface area contributed by atoms with Crippen molar-refractivity contribution < 1.29 is 18.8 Å². The van der Waals surface area contributed by atoms with Crippen LogP contribution in [-0.2, 0) is 9.53 Å². The molecule has 0 unspecified atom stereocenters.